The van der Waals surface area contributed by atoms with Gasteiger partial charge in [0.25, 0.3) is 0 Å². The van der Waals surface area contributed by atoms with E-state index in [1.165, 1.54) is 21.9 Å². The number of ether oxygens (including phenoxy) is 1. The Balaban J connectivity index is 1.22. The van der Waals surface area contributed by atoms with Crippen LogP contribution in [0.2, 0.25) is 0 Å². The molecule has 1 aromatic heterocycles. The average molecular weight is 575 g/mol. The lowest BCUT2D eigenvalue weighted by atomic mass is 9.89. The fourth-order valence-electron chi connectivity index (χ4n) is 6.56. The second kappa shape index (κ2) is 10.3. The van der Waals surface area contributed by atoms with E-state index in [9.17, 15) is 0 Å². The third-order valence-electron chi connectivity index (χ3n) is 8.69. The highest BCUT2D eigenvalue weighted by molar-refractivity contribution is 6.07. The smallest absolute Gasteiger partial charge is 0.160 e. The molecule has 0 unspecified atom stereocenters. The van der Waals surface area contributed by atoms with Crippen molar-refractivity contribution in [1.29, 1.82) is 0 Å². The molecule has 0 fully saturated rings. The summed E-state index contributed by atoms with van der Waals surface area (Å²) in [6.45, 7) is 0. The summed E-state index contributed by atoms with van der Waals surface area (Å²) >= 11 is 0. The molecule has 0 radical (unpaired) electrons. The van der Waals surface area contributed by atoms with Gasteiger partial charge in [0.1, 0.15) is 11.5 Å². The SMILES string of the molecule is c1ccc(-c2cc(-c3ccc(-c4ccc5c(c4)-c4cccc6cccc(c46)O5)c4ccccc34)nc(-c3ccccc3)n2)cc1. The number of hydrogen-bond acceptors (Lipinski definition) is 3. The highest BCUT2D eigenvalue weighted by atomic mass is 16.5. The van der Waals surface area contributed by atoms with E-state index in [-0.39, 0.29) is 0 Å². The summed E-state index contributed by atoms with van der Waals surface area (Å²) in [5.41, 5.74) is 9.56. The first-order chi connectivity index (χ1) is 22.3. The minimum absolute atomic E-state index is 0.712. The van der Waals surface area contributed by atoms with Crippen LogP contribution in [0.1, 0.15) is 0 Å². The van der Waals surface area contributed by atoms with E-state index in [1.54, 1.807) is 0 Å². The lowest BCUT2D eigenvalue weighted by Gasteiger charge is -2.22. The summed E-state index contributed by atoms with van der Waals surface area (Å²) < 4.78 is 6.39. The number of aromatic nitrogens is 2. The lowest BCUT2D eigenvalue weighted by Crippen LogP contribution is -1.98. The highest BCUT2D eigenvalue weighted by Gasteiger charge is 2.21. The van der Waals surface area contributed by atoms with Gasteiger partial charge in [0, 0.05) is 27.6 Å². The van der Waals surface area contributed by atoms with Gasteiger partial charge in [-0.1, -0.05) is 133 Å². The zero-order valence-corrected chi connectivity index (χ0v) is 24.3. The van der Waals surface area contributed by atoms with Gasteiger partial charge in [-0.3, -0.25) is 0 Å². The molecule has 0 amide bonds. The molecule has 45 heavy (non-hydrogen) atoms. The average Bonchev–Trinajstić information content (AvgIpc) is 3.12. The number of fused-ring (bicyclic) bond motifs is 3. The van der Waals surface area contributed by atoms with E-state index in [0.29, 0.717) is 5.82 Å². The first-order valence-electron chi connectivity index (χ1n) is 15.2. The standard InChI is InChI=1S/C42H26N2O/c1-3-11-27(12-4-1)37-26-38(44-42(43-37)29-13-5-2-6-14-29)34-23-22-31(32-17-7-8-18-33(32)34)30-21-24-39-36(25-30)35-19-9-15-28-16-10-20-40(45-39)41(28)35/h1-26H. The van der Waals surface area contributed by atoms with E-state index in [1.807, 2.05) is 36.4 Å². The molecule has 0 atom stereocenters. The Morgan fingerprint density at radius 1 is 0.378 bits per heavy atom. The van der Waals surface area contributed by atoms with Crippen molar-refractivity contribution in [2.75, 3.05) is 0 Å². The van der Waals surface area contributed by atoms with Crippen LogP contribution in [0.25, 0.3) is 77.7 Å². The molecule has 9 rings (SSSR count). The molecule has 2 heterocycles. The largest absolute Gasteiger partial charge is 0.456 e. The molecule has 8 aromatic rings. The van der Waals surface area contributed by atoms with E-state index in [2.05, 4.69) is 121 Å². The van der Waals surface area contributed by atoms with Crippen LogP contribution >= 0.6 is 0 Å². The van der Waals surface area contributed by atoms with Gasteiger partial charge in [0.15, 0.2) is 5.82 Å². The Morgan fingerprint density at radius 2 is 1.04 bits per heavy atom. The number of hydrogen-bond donors (Lipinski definition) is 0. The fourth-order valence-corrected chi connectivity index (χ4v) is 6.56. The van der Waals surface area contributed by atoms with Crippen molar-refractivity contribution in [3.8, 4) is 67.7 Å². The molecule has 0 saturated carbocycles. The van der Waals surface area contributed by atoms with E-state index in [4.69, 9.17) is 14.7 Å². The van der Waals surface area contributed by atoms with Gasteiger partial charge >= 0.3 is 0 Å². The third kappa shape index (κ3) is 4.29. The maximum Gasteiger partial charge on any atom is 0.160 e. The quantitative estimate of drug-likeness (QED) is 0.210. The summed E-state index contributed by atoms with van der Waals surface area (Å²) in [5, 5.41) is 4.67. The van der Waals surface area contributed by atoms with Crippen LogP contribution in [0.15, 0.2) is 158 Å². The minimum atomic E-state index is 0.712. The molecule has 0 saturated heterocycles. The van der Waals surface area contributed by atoms with E-state index in [0.717, 1.165) is 61.5 Å². The summed E-state index contributed by atoms with van der Waals surface area (Å²) in [5.74, 6) is 2.51. The van der Waals surface area contributed by atoms with E-state index < -0.39 is 0 Å². The Hall–Kier alpha value is -6.06. The minimum Gasteiger partial charge on any atom is -0.456 e. The van der Waals surface area contributed by atoms with E-state index >= 15 is 0 Å². The summed E-state index contributed by atoms with van der Waals surface area (Å²) in [4.78, 5) is 10.1. The van der Waals surface area contributed by atoms with Crippen LogP contribution in [0.5, 0.6) is 11.5 Å². The number of nitrogens with zero attached hydrogens (tertiary/aromatic N) is 2. The van der Waals surface area contributed by atoms with Gasteiger partial charge in [0.05, 0.1) is 11.4 Å². The third-order valence-corrected chi connectivity index (χ3v) is 8.69. The first kappa shape index (κ1) is 25.4. The molecule has 210 valence electrons. The van der Waals surface area contributed by atoms with Crippen molar-refractivity contribution < 1.29 is 4.74 Å². The molecule has 0 aliphatic carbocycles. The molecule has 7 aromatic carbocycles. The molecular formula is C42H26N2O. The van der Waals surface area contributed by atoms with Crippen LogP contribution in [-0.4, -0.2) is 9.97 Å². The van der Waals surface area contributed by atoms with Crippen LogP contribution in [0, 0.1) is 0 Å². The Bertz CT molecular complexity index is 2330. The van der Waals surface area contributed by atoms with Crippen LogP contribution in [0.3, 0.4) is 0 Å². The second-order valence-corrected chi connectivity index (χ2v) is 11.4. The fraction of sp³-hybridized carbons (Fsp3) is 0. The van der Waals surface area contributed by atoms with Crippen molar-refractivity contribution in [2.24, 2.45) is 0 Å². The molecule has 1 aliphatic heterocycles. The first-order valence-corrected chi connectivity index (χ1v) is 15.2. The number of benzene rings is 7. The Kier molecular flexibility index (Phi) is 5.82. The zero-order valence-electron chi connectivity index (χ0n) is 24.3. The predicted molar refractivity (Wildman–Crippen MR) is 184 cm³/mol. The molecule has 0 spiro atoms. The van der Waals surface area contributed by atoms with Crippen LogP contribution < -0.4 is 4.74 Å². The number of rotatable bonds is 4. The predicted octanol–water partition coefficient (Wildman–Crippen LogP) is 11.2. The maximum absolute atomic E-state index is 6.39. The van der Waals surface area contributed by atoms with Gasteiger partial charge in [-0.2, -0.15) is 0 Å². The maximum atomic E-state index is 6.39. The van der Waals surface area contributed by atoms with Gasteiger partial charge < -0.3 is 4.74 Å². The van der Waals surface area contributed by atoms with Gasteiger partial charge in [0.2, 0.25) is 0 Å². The van der Waals surface area contributed by atoms with Gasteiger partial charge in [-0.25, -0.2) is 9.97 Å². The second-order valence-electron chi connectivity index (χ2n) is 11.4. The summed E-state index contributed by atoms with van der Waals surface area (Å²) in [7, 11) is 0. The molecule has 0 bridgehead atoms. The Morgan fingerprint density at radius 3 is 1.84 bits per heavy atom. The zero-order chi connectivity index (χ0) is 29.7. The van der Waals surface area contributed by atoms with Gasteiger partial charge in [-0.15, -0.1) is 0 Å². The topological polar surface area (TPSA) is 35.0 Å². The summed E-state index contributed by atoms with van der Waals surface area (Å²) in [6, 6.07) is 54.9. The summed E-state index contributed by atoms with van der Waals surface area (Å²) in [6.07, 6.45) is 0. The molecular weight excluding hydrogens is 548 g/mol. The molecule has 3 heteroatoms. The van der Waals surface area contributed by atoms with Crippen molar-refractivity contribution >= 4 is 21.5 Å². The van der Waals surface area contributed by atoms with Gasteiger partial charge in [-0.05, 0) is 57.1 Å². The van der Waals surface area contributed by atoms with Crippen molar-refractivity contribution in [1.82, 2.24) is 9.97 Å². The highest BCUT2D eigenvalue weighted by Crippen LogP contribution is 2.48. The van der Waals surface area contributed by atoms with Crippen molar-refractivity contribution in [3.63, 3.8) is 0 Å². The van der Waals surface area contributed by atoms with Crippen molar-refractivity contribution in [3.05, 3.63) is 158 Å². The molecule has 3 nitrogen and oxygen atoms in total. The monoisotopic (exact) mass is 574 g/mol. The lowest BCUT2D eigenvalue weighted by molar-refractivity contribution is 0.487. The van der Waals surface area contributed by atoms with Crippen LogP contribution in [0.4, 0.5) is 0 Å². The molecule has 1 aliphatic rings. The normalized spacial score (nSPS) is 11.7. The molecule has 0 N–H and O–H groups in total. The van der Waals surface area contributed by atoms with Crippen LogP contribution in [-0.2, 0) is 0 Å². The Labute approximate surface area is 261 Å². The van der Waals surface area contributed by atoms with Crippen molar-refractivity contribution in [2.45, 2.75) is 0 Å².